The number of amides is 1. The topological polar surface area (TPSA) is 41.1 Å². The zero-order valence-electron chi connectivity index (χ0n) is 10.6. The minimum absolute atomic E-state index is 0.0276. The van der Waals surface area contributed by atoms with E-state index in [-0.39, 0.29) is 5.91 Å². The number of anilines is 1. The molecule has 18 heavy (non-hydrogen) atoms. The van der Waals surface area contributed by atoms with Gasteiger partial charge in [0.05, 0.1) is 6.54 Å². The average molecular weight is 267 g/mol. The van der Waals surface area contributed by atoms with Crippen LogP contribution in [0.5, 0.6) is 0 Å². The molecule has 0 aliphatic heterocycles. The van der Waals surface area contributed by atoms with Crippen molar-refractivity contribution < 1.29 is 4.79 Å². The summed E-state index contributed by atoms with van der Waals surface area (Å²) in [4.78, 5) is 11.7. The molecule has 4 heteroatoms. The van der Waals surface area contributed by atoms with E-state index in [1.807, 2.05) is 12.1 Å². The third kappa shape index (κ3) is 3.72. The molecule has 1 aliphatic carbocycles. The predicted molar refractivity (Wildman–Crippen MR) is 74.9 cm³/mol. The number of hydrogen-bond acceptors (Lipinski definition) is 2. The first kappa shape index (κ1) is 13.4. The summed E-state index contributed by atoms with van der Waals surface area (Å²) in [6, 6.07) is 7.18. The largest absolute Gasteiger partial charge is 0.325 e. The highest BCUT2D eigenvalue weighted by Crippen LogP contribution is 2.39. The molecule has 98 valence electrons. The summed E-state index contributed by atoms with van der Waals surface area (Å²) in [6.45, 7) is 3.52. The lowest BCUT2D eigenvalue weighted by Crippen LogP contribution is -2.40. The smallest absolute Gasteiger partial charge is 0.238 e. The van der Waals surface area contributed by atoms with Crippen LogP contribution in [-0.2, 0) is 4.79 Å². The minimum Gasteiger partial charge on any atom is -0.325 e. The molecule has 0 aromatic heterocycles. The van der Waals surface area contributed by atoms with Crippen molar-refractivity contribution in [3.8, 4) is 0 Å². The van der Waals surface area contributed by atoms with Crippen LogP contribution in [-0.4, -0.2) is 19.0 Å². The summed E-state index contributed by atoms with van der Waals surface area (Å²) in [5.74, 6) is -0.0276. The van der Waals surface area contributed by atoms with Gasteiger partial charge in [0.25, 0.3) is 0 Å². The minimum atomic E-state index is -0.0276. The number of nitrogens with one attached hydrogen (secondary N) is 2. The van der Waals surface area contributed by atoms with Crippen molar-refractivity contribution in [3.63, 3.8) is 0 Å². The van der Waals surface area contributed by atoms with Crippen LogP contribution in [0.15, 0.2) is 24.3 Å². The first-order valence-corrected chi connectivity index (χ1v) is 6.71. The lowest BCUT2D eigenvalue weighted by molar-refractivity contribution is -0.115. The molecule has 1 aliphatic rings. The number of hydrogen-bond donors (Lipinski definition) is 2. The number of carbonyl (C=O) groups is 1. The molecule has 2 N–H and O–H groups in total. The Labute approximate surface area is 113 Å². The van der Waals surface area contributed by atoms with Gasteiger partial charge in [0, 0.05) is 17.3 Å². The van der Waals surface area contributed by atoms with E-state index in [0.717, 1.165) is 12.2 Å². The van der Waals surface area contributed by atoms with Gasteiger partial charge in [-0.25, -0.2) is 0 Å². The first-order chi connectivity index (χ1) is 8.57. The maximum Gasteiger partial charge on any atom is 0.238 e. The highest BCUT2D eigenvalue weighted by atomic mass is 35.5. The molecule has 0 unspecified atom stereocenters. The normalized spacial score (nSPS) is 17.0. The van der Waals surface area contributed by atoms with E-state index in [9.17, 15) is 4.79 Å². The lowest BCUT2D eigenvalue weighted by Gasteiger charge is -2.38. The fraction of sp³-hybridized carbons (Fsp3) is 0.500. The van der Waals surface area contributed by atoms with Crippen LogP contribution in [0.25, 0.3) is 0 Å². The molecule has 1 saturated carbocycles. The number of benzene rings is 1. The van der Waals surface area contributed by atoms with Gasteiger partial charge in [0.2, 0.25) is 5.91 Å². The second-order valence-corrected chi connectivity index (χ2v) is 5.76. The Morgan fingerprint density at radius 2 is 2.22 bits per heavy atom. The van der Waals surface area contributed by atoms with Crippen molar-refractivity contribution in [2.24, 2.45) is 5.41 Å². The highest BCUT2D eigenvalue weighted by Gasteiger charge is 2.31. The van der Waals surface area contributed by atoms with E-state index in [4.69, 9.17) is 11.6 Å². The highest BCUT2D eigenvalue weighted by molar-refractivity contribution is 6.30. The molecule has 1 amide bonds. The fourth-order valence-corrected chi connectivity index (χ4v) is 2.40. The van der Waals surface area contributed by atoms with Gasteiger partial charge in [-0.2, -0.15) is 0 Å². The van der Waals surface area contributed by atoms with Gasteiger partial charge < -0.3 is 10.6 Å². The Bertz CT molecular complexity index is 430. The maximum atomic E-state index is 11.7. The van der Waals surface area contributed by atoms with Crippen molar-refractivity contribution in [1.82, 2.24) is 5.32 Å². The summed E-state index contributed by atoms with van der Waals surface area (Å²) in [7, 11) is 0. The Morgan fingerprint density at radius 3 is 2.83 bits per heavy atom. The van der Waals surface area contributed by atoms with E-state index in [0.29, 0.717) is 17.0 Å². The Balaban J connectivity index is 1.72. The van der Waals surface area contributed by atoms with Crippen molar-refractivity contribution in [2.75, 3.05) is 18.4 Å². The fourth-order valence-electron chi connectivity index (χ4n) is 2.21. The van der Waals surface area contributed by atoms with Gasteiger partial charge in [-0.05, 0) is 36.5 Å². The molecule has 0 bridgehead atoms. The van der Waals surface area contributed by atoms with Gasteiger partial charge in [0.15, 0.2) is 0 Å². The number of carbonyl (C=O) groups excluding carboxylic acids is 1. The van der Waals surface area contributed by atoms with Gasteiger partial charge in [0.1, 0.15) is 0 Å². The molecule has 1 fully saturated rings. The first-order valence-electron chi connectivity index (χ1n) is 6.34. The zero-order valence-corrected chi connectivity index (χ0v) is 11.4. The van der Waals surface area contributed by atoms with Crippen LogP contribution in [0.2, 0.25) is 5.02 Å². The maximum absolute atomic E-state index is 11.7. The van der Waals surface area contributed by atoms with Crippen molar-refractivity contribution >= 4 is 23.2 Å². The van der Waals surface area contributed by atoms with Crippen molar-refractivity contribution in [2.45, 2.75) is 26.2 Å². The van der Waals surface area contributed by atoms with Crippen LogP contribution in [0.4, 0.5) is 5.69 Å². The number of halogens is 1. The van der Waals surface area contributed by atoms with Gasteiger partial charge in [-0.15, -0.1) is 0 Å². The number of rotatable bonds is 5. The van der Waals surface area contributed by atoms with E-state index in [1.54, 1.807) is 12.1 Å². The van der Waals surface area contributed by atoms with Gasteiger partial charge in [-0.1, -0.05) is 31.0 Å². The standard InChI is InChI=1S/C14H19ClN2O/c1-14(6-3-7-14)10-16-9-13(18)17-12-5-2-4-11(15)8-12/h2,4-5,8,16H,3,6-7,9-10H2,1H3,(H,17,18). The Hall–Kier alpha value is -1.06. The molecular weight excluding hydrogens is 248 g/mol. The van der Waals surface area contributed by atoms with Gasteiger partial charge in [-0.3, -0.25) is 4.79 Å². The third-order valence-electron chi connectivity index (χ3n) is 3.51. The van der Waals surface area contributed by atoms with E-state index in [1.165, 1.54) is 19.3 Å². The van der Waals surface area contributed by atoms with Gasteiger partial charge >= 0.3 is 0 Å². The molecular formula is C14H19ClN2O. The van der Waals surface area contributed by atoms with E-state index >= 15 is 0 Å². The molecule has 3 nitrogen and oxygen atoms in total. The van der Waals surface area contributed by atoms with Crippen LogP contribution < -0.4 is 10.6 Å². The molecule has 0 radical (unpaired) electrons. The van der Waals surface area contributed by atoms with Crippen LogP contribution in [0, 0.1) is 5.41 Å². The second kappa shape index (κ2) is 5.72. The molecule has 1 aromatic carbocycles. The van der Waals surface area contributed by atoms with Crippen LogP contribution in [0.3, 0.4) is 0 Å². The zero-order chi connectivity index (χ0) is 13.0. The summed E-state index contributed by atoms with van der Waals surface area (Å²) < 4.78 is 0. The van der Waals surface area contributed by atoms with Crippen molar-refractivity contribution in [1.29, 1.82) is 0 Å². The summed E-state index contributed by atoms with van der Waals surface area (Å²) in [5.41, 5.74) is 1.14. The molecule has 0 saturated heterocycles. The SMILES string of the molecule is CC1(CNCC(=O)Nc2cccc(Cl)c2)CCC1. The quantitative estimate of drug-likeness (QED) is 0.860. The lowest BCUT2D eigenvalue weighted by atomic mass is 9.70. The Kier molecular flexibility index (Phi) is 4.25. The van der Waals surface area contributed by atoms with Crippen molar-refractivity contribution in [3.05, 3.63) is 29.3 Å². The second-order valence-electron chi connectivity index (χ2n) is 5.33. The monoisotopic (exact) mass is 266 g/mol. The average Bonchev–Trinajstić information content (AvgIpc) is 2.26. The molecule has 0 spiro atoms. The molecule has 1 aromatic rings. The third-order valence-corrected chi connectivity index (χ3v) is 3.74. The molecule has 2 rings (SSSR count). The predicted octanol–water partition coefficient (Wildman–Crippen LogP) is 3.06. The summed E-state index contributed by atoms with van der Waals surface area (Å²) in [6.07, 6.45) is 3.83. The summed E-state index contributed by atoms with van der Waals surface area (Å²) in [5, 5.41) is 6.66. The Morgan fingerprint density at radius 1 is 1.44 bits per heavy atom. The molecule has 0 heterocycles. The van der Waals surface area contributed by atoms with E-state index < -0.39 is 0 Å². The summed E-state index contributed by atoms with van der Waals surface area (Å²) >= 11 is 5.85. The van der Waals surface area contributed by atoms with Crippen LogP contribution in [0.1, 0.15) is 26.2 Å². The van der Waals surface area contributed by atoms with E-state index in [2.05, 4.69) is 17.6 Å². The molecule has 0 atom stereocenters. The van der Waals surface area contributed by atoms with Crippen LogP contribution >= 0.6 is 11.6 Å².